The fourth-order valence-electron chi connectivity index (χ4n) is 2.77. The van der Waals surface area contributed by atoms with E-state index < -0.39 is 5.97 Å². The third-order valence-corrected chi connectivity index (χ3v) is 4.84. The number of hydrogen-bond donors (Lipinski definition) is 1. The number of esters is 1. The fourth-order valence-corrected chi connectivity index (χ4v) is 2.90. The van der Waals surface area contributed by atoms with Crippen molar-refractivity contribution < 1.29 is 14.3 Å². The van der Waals surface area contributed by atoms with Crippen LogP contribution in [0.25, 0.3) is 0 Å². The molecule has 0 saturated heterocycles. The van der Waals surface area contributed by atoms with Crippen LogP contribution >= 0.6 is 11.6 Å². The highest BCUT2D eigenvalue weighted by molar-refractivity contribution is 6.30. The highest BCUT2D eigenvalue weighted by atomic mass is 35.5. The number of benzene rings is 3. The Balaban J connectivity index is 1.67. The average Bonchev–Trinajstić information content (AvgIpc) is 2.74. The number of hydrogen-bond acceptors (Lipinski definition) is 4. The van der Waals surface area contributed by atoms with Gasteiger partial charge in [-0.1, -0.05) is 56.6 Å². The Morgan fingerprint density at radius 3 is 2.16 bits per heavy atom. The van der Waals surface area contributed by atoms with E-state index in [0.717, 1.165) is 5.56 Å². The molecule has 0 unspecified atom stereocenters. The van der Waals surface area contributed by atoms with E-state index in [1.54, 1.807) is 60.7 Å². The topological polar surface area (TPSA) is 67.8 Å². The Hall–Kier alpha value is -3.44. The van der Waals surface area contributed by atoms with Gasteiger partial charge in [0, 0.05) is 16.1 Å². The summed E-state index contributed by atoms with van der Waals surface area (Å²) in [7, 11) is 0. The SMILES string of the molecule is CC(C)(C)c1ccc(C(=O)N/N=C\c2ccccc2OC(=O)c2ccc(Cl)cc2)cc1. The van der Waals surface area contributed by atoms with Crippen LogP contribution in [0.1, 0.15) is 52.6 Å². The van der Waals surface area contributed by atoms with Gasteiger partial charge in [-0.2, -0.15) is 5.10 Å². The molecule has 3 aromatic rings. The quantitative estimate of drug-likeness (QED) is 0.245. The van der Waals surface area contributed by atoms with Gasteiger partial charge < -0.3 is 4.74 Å². The minimum Gasteiger partial charge on any atom is -0.422 e. The predicted octanol–water partition coefficient (Wildman–Crippen LogP) is 5.62. The molecule has 0 aliphatic rings. The predicted molar refractivity (Wildman–Crippen MR) is 123 cm³/mol. The first-order valence-corrected chi connectivity index (χ1v) is 10.1. The van der Waals surface area contributed by atoms with Crippen LogP contribution in [0.3, 0.4) is 0 Å². The van der Waals surface area contributed by atoms with Crippen molar-refractivity contribution >= 4 is 29.7 Å². The number of carbonyl (C=O) groups is 2. The summed E-state index contributed by atoms with van der Waals surface area (Å²) in [5.41, 5.74) is 5.09. The minimum atomic E-state index is -0.513. The molecule has 1 N–H and O–H groups in total. The third kappa shape index (κ3) is 6.03. The van der Waals surface area contributed by atoms with E-state index in [1.165, 1.54) is 6.21 Å². The molecule has 0 atom stereocenters. The summed E-state index contributed by atoms with van der Waals surface area (Å²) in [6.07, 6.45) is 1.44. The number of para-hydroxylation sites is 1. The highest BCUT2D eigenvalue weighted by Gasteiger charge is 2.14. The van der Waals surface area contributed by atoms with Crippen LogP contribution in [-0.2, 0) is 5.41 Å². The molecule has 1 amide bonds. The number of ether oxygens (including phenoxy) is 1. The Bertz CT molecular complexity index is 1100. The molecule has 3 rings (SSSR count). The smallest absolute Gasteiger partial charge is 0.343 e. The van der Waals surface area contributed by atoms with Gasteiger partial charge in [-0.15, -0.1) is 0 Å². The molecule has 5 nitrogen and oxygen atoms in total. The first-order valence-electron chi connectivity index (χ1n) is 9.75. The summed E-state index contributed by atoms with van der Waals surface area (Å²) >= 11 is 5.85. The van der Waals surface area contributed by atoms with Crippen molar-refractivity contribution in [3.63, 3.8) is 0 Å². The molecule has 0 aliphatic carbocycles. The zero-order valence-corrected chi connectivity index (χ0v) is 18.3. The first kappa shape index (κ1) is 22.2. The molecule has 0 spiro atoms. The maximum atomic E-state index is 12.4. The number of amides is 1. The van der Waals surface area contributed by atoms with Gasteiger partial charge in [-0.25, -0.2) is 10.2 Å². The lowest BCUT2D eigenvalue weighted by molar-refractivity contribution is 0.0734. The number of nitrogens with one attached hydrogen (secondary N) is 1. The van der Waals surface area contributed by atoms with Gasteiger partial charge >= 0.3 is 5.97 Å². The zero-order valence-electron chi connectivity index (χ0n) is 17.6. The van der Waals surface area contributed by atoms with Crippen LogP contribution in [0.5, 0.6) is 5.75 Å². The molecule has 0 saturated carbocycles. The van der Waals surface area contributed by atoms with E-state index in [9.17, 15) is 9.59 Å². The maximum absolute atomic E-state index is 12.4. The monoisotopic (exact) mass is 434 g/mol. The van der Waals surface area contributed by atoms with E-state index in [-0.39, 0.29) is 11.3 Å². The molecule has 0 heterocycles. The van der Waals surface area contributed by atoms with Gasteiger partial charge in [0.05, 0.1) is 11.8 Å². The molecule has 0 aromatic heterocycles. The Morgan fingerprint density at radius 2 is 1.52 bits per heavy atom. The van der Waals surface area contributed by atoms with Gasteiger partial charge in [-0.05, 0) is 59.5 Å². The fraction of sp³-hybridized carbons (Fsp3) is 0.160. The molecular formula is C25H23ClN2O3. The van der Waals surface area contributed by atoms with Crippen molar-refractivity contribution in [1.82, 2.24) is 5.43 Å². The Labute approximate surface area is 186 Å². The van der Waals surface area contributed by atoms with Gasteiger partial charge in [0.1, 0.15) is 5.75 Å². The molecule has 31 heavy (non-hydrogen) atoms. The largest absolute Gasteiger partial charge is 0.422 e. The van der Waals surface area contributed by atoms with E-state index in [0.29, 0.717) is 27.5 Å². The van der Waals surface area contributed by atoms with Crippen molar-refractivity contribution in [2.24, 2.45) is 5.10 Å². The lowest BCUT2D eigenvalue weighted by Crippen LogP contribution is -2.18. The van der Waals surface area contributed by atoms with Crippen molar-refractivity contribution in [3.05, 3.63) is 100 Å². The van der Waals surface area contributed by atoms with Gasteiger partial charge in [0.15, 0.2) is 0 Å². The molecule has 0 aliphatic heterocycles. The second-order valence-electron chi connectivity index (χ2n) is 7.96. The third-order valence-electron chi connectivity index (χ3n) is 4.58. The van der Waals surface area contributed by atoms with Crippen molar-refractivity contribution in [2.75, 3.05) is 0 Å². The molecule has 158 valence electrons. The maximum Gasteiger partial charge on any atom is 0.343 e. The normalized spacial score (nSPS) is 11.4. The molecule has 0 fully saturated rings. The summed E-state index contributed by atoms with van der Waals surface area (Å²) in [6, 6.07) is 20.8. The van der Waals surface area contributed by atoms with Crippen LogP contribution in [0.15, 0.2) is 77.9 Å². The van der Waals surface area contributed by atoms with E-state index >= 15 is 0 Å². The van der Waals surface area contributed by atoms with Crippen LogP contribution in [0, 0.1) is 0 Å². The number of rotatable bonds is 5. The number of halogens is 1. The summed E-state index contributed by atoms with van der Waals surface area (Å²) in [6.45, 7) is 6.34. The van der Waals surface area contributed by atoms with Crippen LogP contribution in [0.2, 0.25) is 5.02 Å². The van der Waals surface area contributed by atoms with Crippen LogP contribution < -0.4 is 10.2 Å². The van der Waals surface area contributed by atoms with E-state index in [1.807, 2.05) is 12.1 Å². The second-order valence-corrected chi connectivity index (χ2v) is 8.40. The Morgan fingerprint density at radius 1 is 0.903 bits per heavy atom. The van der Waals surface area contributed by atoms with E-state index in [4.69, 9.17) is 16.3 Å². The molecule has 3 aromatic carbocycles. The van der Waals surface area contributed by atoms with Crippen molar-refractivity contribution in [3.8, 4) is 5.75 Å². The molecule has 6 heteroatoms. The minimum absolute atomic E-state index is 0.0142. The zero-order chi connectivity index (χ0) is 22.4. The van der Waals surface area contributed by atoms with Crippen molar-refractivity contribution in [1.29, 1.82) is 0 Å². The lowest BCUT2D eigenvalue weighted by atomic mass is 9.87. The second kappa shape index (κ2) is 9.58. The summed E-state index contributed by atoms with van der Waals surface area (Å²) in [4.78, 5) is 24.7. The highest BCUT2D eigenvalue weighted by Crippen LogP contribution is 2.22. The number of hydrazone groups is 1. The standard InChI is InChI=1S/C25H23ClN2O3/c1-25(2,3)20-12-8-17(9-13-20)23(29)28-27-16-19-6-4-5-7-22(19)31-24(30)18-10-14-21(26)15-11-18/h4-16H,1-3H3,(H,28,29)/b27-16-. The van der Waals surface area contributed by atoms with Gasteiger partial charge in [-0.3, -0.25) is 4.79 Å². The molecular weight excluding hydrogens is 412 g/mol. The number of carbonyl (C=O) groups excluding carboxylic acids is 2. The average molecular weight is 435 g/mol. The van der Waals surface area contributed by atoms with Crippen molar-refractivity contribution in [2.45, 2.75) is 26.2 Å². The summed E-state index contributed by atoms with van der Waals surface area (Å²) < 4.78 is 5.47. The van der Waals surface area contributed by atoms with Crippen LogP contribution in [0.4, 0.5) is 0 Å². The lowest BCUT2D eigenvalue weighted by Gasteiger charge is -2.18. The molecule has 0 radical (unpaired) electrons. The summed E-state index contributed by atoms with van der Waals surface area (Å²) in [5.74, 6) is -0.511. The summed E-state index contributed by atoms with van der Waals surface area (Å²) in [5, 5.41) is 4.54. The molecule has 0 bridgehead atoms. The van der Waals surface area contributed by atoms with E-state index in [2.05, 4.69) is 31.3 Å². The first-order chi connectivity index (χ1) is 14.7. The Kier molecular flexibility index (Phi) is 6.88. The number of nitrogens with zero attached hydrogens (tertiary/aromatic N) is 1. The van der Waals surface area contributed by atoms with Gasteiger partial charge in [0.25, 0.3) is 5.91 Å². The van der Waals surface area contributed by atoms with Crippen LogP contribution in [-0.4, -0.2) is 18.1 Å². The van der Waals surface area contributed by atoms with Gasteiger partial charge in [0.2, 0.25) is 0 Å².